The third-order valence-electron chi connectivity index (χ3n) is 14.6. The van der Waals surface area contributed by atoms with E-state index in [-0.39, 0.29) is 31.5 Å². The van der Waals surface area contributed by atoms with Gasteiger partial charge in [0, 0.05) is 94.1 Å². The van der Waals surface area contributed by atoms with Gasteiger partial charge in [-0.2, -0.15) is 0 Å². The lowest BCUT2D eigenvalue weighted by atomic mass is 9.77. The average molecular weight is 1100 g/mol. The molecular weight excluding hydrogens is 1020 g/mol. The molecule has 2 aliphatic rings. The number of carbonyl (C=O) groups is 2. The molecule has 1 aliphatic carbocycles. The van der Waals surface area contributed by atoms with E-state index in [0.717, 1.165) is 94.7 Å². The predicted molar refractivity (Wildman–Crippen MR) is 328 cm³/mol. The molecule has 0 saturated carbocycles. The largest absolute Gasteiger partial charge is 1.00 e. The van der Waals surface area contributed by atoms with Gasteiger partial charge in [-0.25, -0.2) is 4.58 Å². The summed E-state index contributed by atoms with van der Waals surface area (Å²) in [4.78, 5) is 32.0. The van der Waals surface area contributed by atoms with Gasteiger partial charge in [-0.3, -0.25) is 19.4 Å². The van der Waals surface area contributed by atoms with Crippen molar-refractivity contribution in [3.63, 3.8) is 0 Å². The predicted octanol–water partition coefficient (Wildman–Crippen LogP) is 5.51. The van der Waals surface area contributed by atoms with Crippen molar-refractivity contribution in [2.45, 2.75) is 73.1 Å². The van der Waals surface area contributed by atoms with Gasteiger partial charge in [-0.15, -0.1) is 0 Å². The van der Waals surface area contributed by atoms with E-state index < -0.39 is 14.2 Å². The highest BCUT2D eigenvalue weighted by molar-refractivity contribution is 6.59. The third-order valence-corrected chi connectivity index (χ3v) is 14.6. The highest BCUT2D eigenvalue weighted by atomic mass is 35.5. The highest BCUT2D eigenvalue weighted by Crippen LogP contribution is 2.38. The Morgan fingerprint density at radius 3 is 1.77 bits per heavy atom. The SMILES string of the molecule is C.C=C(C)C(=O)CCCCN(Cc1ccccc1B(O)O)Cc1c2ccccc2c(CN(CCCNC(=O)C(=C)C)Cc2ccccc2B(O)O)c2ccc(/C=C/c3c4ccc(=[N+](C)C)cc-4oc4cc(N(C)C)ccc34)cc12.[Cl-]. The number of nitrogens with one attached hydrogen (secondary N) is 1. The number of unbranched alkanes of at least 4 members (excludes halogenated alkanes) is 1. The van der Waals surface area contributed by atoms with Crippen LogP contribution in [0.5, 0.6) is 0 Å². The molecule has 8 rings (SSSR count). The molecule has 0 spiro atoms. The van der Waals surface area contributed by atoms with Crippen molar-refractivity contribution in [2.24, 2.45) is 0 Å². The maximum atomic E-state index is 12.7. The Balaban J connectivity index is 0.00000516. The number of hydrogen-bond donors (Lipinski definition) is 5. The molecule has 0 bridgehead atoms. The van der Waals surface area contributed by atoms with Crippen molar-refractivity contribution < 1.29 is 46.5 Å². The van der Waals surface area contributed by atoms with Gasteiger partial charge in [0.15, 0.2) is 5.78 Å². The molecule has 12 nitrogen and oxygen atoms in total. The Morgan fingerprint density at radius 1 is 0.637 bits per heavy atom. The van der Waals surface area contributed by atoms with Crippen molar-refractivity contribution in [3.05, 3.63) is 190 Å². The molecule has 416 valence electrons. The summed E-state index contributed by atoms with van der Waals surface area (Å²) in [6, 6.07) is 42.5. The molecule has 15 heteroatoms. The Bertz CT molecular complexity index is 3590. The van der Waals surface area contributed by atoms with E-state index in [1.165, 1.54) is 0 Å². The number of hydrogen-bond acceptors (Lipinski definition) is 10. The Labute approximate surface area is 478 Å². The molecule has 6 aromatic carbocycles. The van der Waals surface area contributed by atoms with Crippen molar-refractivity contribution in [1.29, 1.82) is 0 Å². The monoisotopic (exact) mass is 1100 g/mol. The number of benzene rings is 7. The number of rotatable bonds is 24. The summed E-state index contributed by atoms with van der Waals surface area (Å²) in [7, 11) is 4.78. The first-order chi connectivity index (χ1) is 37.5. The maximum Gasteiger partial charge on any atom is 0.488 e. The first kappa shape index (κ1) is 62.1. The zero-order chi connectivity index (χ0) is 55.6. The van der Waals surface area contributed by atoms with Gasteiger partial charge in [0.2, 0.25) is 11.3 Å². The Kier molecular flexibility index (Phi) is 22.0. The van der Waals surface area contributed by atoms with Crippen LogP contribution in [-0.4, -0.2) is 104 Å². The van der Waals surface area contributed by atoms with Crippen LogP contribution in [0.4, 0.5) is 5.69 Å². The molecule has 0 fully saturated rings. The number of ketones is 1. The number of halogens is 1. The van der Waals surface area contributed by atoms with E-state index in [4.69, 9.17) is 4.42 Å². The van der Waals surface area contributed by atoms with Crippen LogP contribution in [-0.2, 0) is 35.8 Å². The van der Waals surface area contributed by atoms with Gasteiger partial charge >= 0.3 is 14.2 Å². The summed E-state index contributed by atoms with van der Waals surface area (Å²) in [6.45, 7) is 14.6. The minimum absolute atomic E-state index is 0. The van der Waals surface area contributed by atoms with Crippen LogP contribution in [0.15, 0.2) is 156 Å². The van der Waals surface area contributed by atoms with E-state index in [1.807, 2.05) is 58.5 Å². The summed E-state index contributed by atoms with van der Waals surface area (Å²) in [5.74, 6) is 0.630. The number of Topliss-reactive ketones (excluding diaryl/α,β-unsaturated/α-hetero) is 1. The average Bonchev–Trinajstić information content (AvgIpc) is 3.47. The molecule has 6 aromatic rings. The summed E-state index contributed by atoms with van der Waals surface area (Å²) in [5, 5.41) is 51.3. The minimum Gasteiger partial charge on any atom is -1.00 e. The molecular formula is C65H76B2ClN5O7. The number of anilines is 1. The van der Waals surface area contributed by atoms with Crippen LogP contribution in [0.3, 0.4) is 0 Å². The lowest BCUT2D eigenvalue weighted by Gasteiger charge is -2.28. The lowest BCUT2D eigenvalue weighted by Crippen LogP contribution is -3.00. The third kappa shape index (κ3) is 15.0. The van der Waals surface area contributed by atoms with Crippen molar-refractivity contribution >= 4 is 87.2 Å². The number of nitrogens with zero attached hydrogens (tertiary/aromatic N) is 4. The molecule has 5 N–H and O–H groups in total. The van der Waals surface area contributed by atoms with E-state index in [9.17, 15) is 29.7 Å². The topological polar surface area (TPSA) is 153 Å². The molecule has 0 unspecified atom stereocenters. The Morgan fingerprint density at radius 2 is 1.20 bits per heavy atom. The highest BCUT2D eigenvalue weighted by Gasteiger charge is 2.24. The first-order valence-corrected chi connectivity index (χ1v) is 26.7. The number of fused-ring (bicyclic) bond motifs is 4. The standard InChI is InChI=1S/C64H71B2N5O7.CH4.ClH/c1-43(2)61(72)24-15-16-34-70(39-46-18-9-13-22-59(46)65(74)75)42-58-51-21-12-11-20-50(51)57(41-71(35-17-33-67-64(73)44(3)4)40-47-19-10-14-23-60(47)66(76)77)53-30-26-45(36-56(53)58)25-29-52-54-31-27-48(68(5)6)37-62(54)78-63-38-49(69(7)8)28-32-55(52)63;;/h9-14,18-23,25-32,36-38,74-77H,1,3,15-17,24,33-35,39-42H2,2,4-8H3;1H4;1H/b29-25+;;. The fraction of sp³-hybridized carbons (Fsp3) is 0.277. The van der Waals surface area contributed by atoms with Crippen LogP contribution in [0, 0.1) is 0 Å². The van der Waals surface area contributed by atoms with Crippen molar-refractivity contribution in [1.82, 2.24) is 19.7 Å². The second-order valence-corrected chi connectivity index (χ2v) is 20.9. The zero-order valence-electron chi connectivity index (χ0n) is 46.3. The normalized spacial score (nSPS) is 11.3. The lowest BCUT2D eigenvalue weighted by molar-refractivity contribution is -0.117. The molecule has 0 radical (unpaired) electrons. The van der Waals surface area contributed by atoms with Crippen LogP contribution in [0.1, 0.15) is 80.3 Å². The number of allylic oxidation sites excluding steroid dienone is 1. The van der Waals surface area contributed by atoms with Gasteiger partial charge < -0.3 is 47.1 Å². The summed E-state index contributed by atoms with van der Waals surface area (Å²) in [5.41, 5.74) is 10.5. The number of amides is 1. The van der Waals surface area contributed by atoms with Crippen molar-refractivity contribution in [2.75, 3.05) is 52.7 Å². The number of carbonyl (C=O) groups excluding carboxylic acids is 2. The van der Waals surface area contributed by atoms with E-state index in [2.05, 4.69) is 129 Å². The van der Waals surface area contributed by atoms with Gasteiger partial charge in [0.25, 0.3) is 0 Å². The first-order valence-electron chi connectivity index (χ1n) is 26.7. The summed E-state index contributed by atoms with van der Waals surface area (Å²) < 4.78 is 8.72. The van der Waals surface area contributed by atoms with Gasteiger partial charge in [-0.05, 0) is 135 Å². The summed E-state index contributed by atoms with van der Waals surface area (Å²) in [6.07, 6.45) is 6.79. The fourth-order valence-electron chi connectivity index (χ4n) is 10.3. The van der Waals surface area contributed by atoms with Gasteiger partial charge in [-0.1, -0.05) is 118 Å². The second-order valence-electron chi connectivity index (χ2n) is 20.9. The summed E-state index contributed by atoms with van der Waals surface area (Å²) >= 11 is 0. The molecule has 1 heterocycles. The van der Waals surface area contributed by atoms with Crippen molar-refractivity contribution in [3.8, 4) is 11.3 Å². The van der Waals surface area contributed by atoms with E-state index >= 15 is 0 Å². The molecule has 0 aromatic heterocycles. The molecule has 0 saturated heterocycles. The van der Waals surface area contributed by atoms with Crippen LogP contribution < -0.4 is 43.5 Å². The van der Waals surface area contributed by atoms with E-state index in [1.54, 1.807) is 32.0 Å². The zero-order valence-corrected chi connectivity index (χ0v) is 47.1. The van der Waals surface area contributed by atoms with Gasteiger partial charge in [0.1, 0.15) is 25.4 Å². The van der Waals surface area contributed by atoms with Crippen LogP contribution in [0.2, 0.25) is 0 Å². The minimum atomic E-state index is -1.65. The van der Waals surface area contributed by atoms with Crippen LogP contribution >= 0.6 is 0 Å². The molecule has 1 amide bonds. The Hall–Kier alpha value is -7.13. The van der Waals surface area contributed by atoms with Crippen LogP contribution in [0.25, 0.3) is 56.0 Å². The molecule has 80 heavy (non-hydrogen) atoms. The fourth-order valence-corrected chi connectivity index (χ4v) is 10.3. The molecule has 1 aliphatic heterocycles. The second kappa shape index (κ2) is 28.3. The molecule has 0 atom stereocenters. The van der Waals surface area contributed by atoms with Gasteiger partial charge in [0.05, 0.1) is 6.07 Å². The smallest absolute Gasteiger partial charge is 0.488 e. The maximum absolute atomic E-state index is 12.7. The quantitative estimate of drug-likeness (QED) is 0.0172. The van der Waals surface area contributed by atoms with E-state index in [0.29, 0.717) is 87.1 Å².